The molecule has 29 heavy (non-hydrogen) atoms. The number of rotatable bonds is 5. The van der Waals surface area contributed by atoms with E-state index in [1.807, 2.05) is 24.3 Å². The van der Waals surface area contributed by atoms with Crippen molar-refractivity contribution in [1.82, 2.24) is 10.2 Å². The number of hydrogen-bond acceptors (Lipinski definition) is 5. The number of benzene rings is 2. The number of amides is 2. The largest absolute Gasteiger partial charge is 0.311 e. The van der Waals surface area contributed by atoms with Crippen molar-refractivity contribution in [3.63, 3.8) is 0 Å². The van der Waals surface area contributed by atoms with Crippen LogP contribution < -0.4 is 10.2 Å². The molecule has 1 atom stereocenters. The number of halogens is 1. The number of aromatic nitrogens is 2. The summed E-state index contributed by atoms with van der Waals surface area (Å²) < 4.78 is 13.3. The van der Waals surface area contributed by atoms with Crippen molar-refractivity contribution in [3.05, 3.63) is 70.5 Å². The van der Waals surface area contributed by atoms with Gasteiger partial charge in [-0.1, -0.05) is 42.5 Å². The molecular formula is C21H19FN4O2S. The summed E-state index contributed by atoms with van der Waals surface area (Å²) in [7, 11) is 0. The van der Waals surface area contributed by atoms with Crippen LogP contribution in [0.5, 0.6) is 0 Å². The Morgan fingerprint density at radius 1 is 1.24 bits per heavy atom. The van der Waals surface area contributed by atoms with E-state index in [2.05, 4.69) is 22.4 Å². The first-order valence-corrected chi connectivity index (χ1v) is 10.2. The van der Waals surface area contributed by atoms with E-state index in [0.29, 0.717) is 23.1 Å². The molecule has 1 aromatic heterocycles. The standard InChI is InChI=1S/C21H19FN4O2S/c1-2-13-6-3-4-9-17(13)26-12-15(11-18(26)27)20-24-25-21(29-20)23-19(28)14-7-5-8-16(22)10-14/h3-10,15H,2,11-12H2,1H3,(H,23,25,28). The van der Waals surface area contributed by atoms with Gasteiger partial charge in [0.05, 0.1) is 0 Å². The van der Waals surface area contributed by atoms with Crippen molar-refractivity contribution in [1.29, 1.82) is 0 Å². The number of nitrogens with one attached hydrogen (secondary N) is 1. The SMILES string of the molecule is CCc1ccccc1N1CC(c2nnc(NC(=O)c3cccc(F)c3)s2)CC1=O. The zero-order valence-corrected chi connectivity index (χ0v) is 16.6. The summed E-state index contributed by atoms with van der Waals surface area (Å²) in [5.74, 6) is -0.957. The average Bonchev–Trinajstić information content (AvgIpc) is 3.34. The Hall–Kier alpha value is -3.13. The molecule has 1 unspecified atom stereocenters. The molecule has 1 N–H and O–H groups in total. The van der Waals surface area contributed by atoms with Gasteiger partial charge in [-0.2, -0.15) is 0 Å². The van der Waals surface area contributed by atoms with Gasteiger partial charge in [0.2, 0.25) is 11.0 Å². The van der Waals surface area contributed by atoms with Crippen LogP contribution in [0.15, 0.2) is 48.5 Å². The fourth-order valence-corrected chi connectivity index (χ4v) is 4.26. The number of para-hydroxylation sites is 1. The molecule has 1 aliphatic rings. The monoisotopic (exact) mass is 410 g/mol. The second-order valence-electron chi connectivity index (χ2n) is 6.80. The van der Waals surface area contributed by atoms with Gasteiger partial charge in [0, 0.05) is 30.1 Å². The first kappa shape index (κ1) is 19.2. The Bertz CT molecular complexity index is 1070. The summed E-state index contributed by atoms with van der Waals surface area (Å²) in [6.07, 6.45) is 1.20. The van der Waals surface area contributed by atoms with Crippen molar-refractivity contribution in [3.8, 4) is 0 Å². The van der Waals surface area contributed by atoms with E-state index in [-0.39, 0.29) is 17.4 Å². The summed E-state index contributed by atoms with van der Waals surface area (Å²) in [5.41, 5.74) is 2.27. The van der Waals surface area contributed by atoms with Crippen LogP contribution >= 0.6 is 11.3 Å². The molecule has 1 saturated heterocycles. The predicted molar refractivity (Wildman–Crippen MR) is 110 cm³/mol. The smallest absolute Gasteiger partial charge is 0.257 e. The maximum atomic E-state index is 13.3. The number of nitrogens with zero attached hydrogens (tertiary/aromatic N) is 3. The third-order valence-corrected chi connectivity index (χ3v) is 5.89. The van der Waals surface area contributed by atoms with Crippen molar-refractivity contribution >= 4 is 34.0 Å². The molecule has 1 fully saturated rings. The summed E-state index contributed by atoms with van der Waals surface area (Å²) in [4.78, 5) is 26.7. The van der Waals surface area contributed by atoms with Crippen LogP contribution in [-0.2, 0) is 11.2 Å². The molecular weight excluding hydrogens is 391 g/mol. The normalized spacial score (nSPS) is 16.3. The molecule has 0 spiro atoms. The van der Waals surface area contributed by atoms with Gasteiger partial charge in [0.1, 0.15) is 10.8 Å². The average molecular weight is 410 g/mol. The molecule has 6 nitrogen and oxygen atoms in total. The second kappa shape index (κ2) is 8.08. The molecule has 3 aromatic rings. The summed E-state index contributed by atoms with van der Waals surface area (Å²) >= 11 is 1.24. The van der Waals surface area contributed by atoms with Crippen LogP contribution in [0, 0.1) is 5.82 Å². The predicted octanol–water partition coefficient (Wildman–Crippen LogP) is 4.01. The van der Waals surface area contributed by atoms with Gasteiger partial charge in [-0.3, -0.25) is 14.9 Å². The van der Waals surface area contributed by atoms with E-state index in [1.54, 1.807) is 4.90 Å². The molecule has 1 aliphatic heterocycles. The van der Waals surface area contributed by atoms with Crippen LogP contribution in [0.1, 0.15) is 40.2 Å². The van der Waals surface area contributed by atoms with E-state index >= 15 is 0 Å². The Kier molecular flexibility index (Phi) is 5.35. The minimum atomic E-state index is -0.479. The lowest BCUT2D eigenvalue weighted by atomic mass is 10.1. The van der Waals surface area contributed by atoms with Crippen molar-refractivity contribution in [2.75, 3.05) is 16.8 Å². The zero-order chi connectivity index (χ0) is 20.4. The number of aryl methyl sites for hydroxylation is 1. The Morgan fingerprint density at radius 2 is 2.07 bits per heavy atom. The second-order valence-corrected chi connectivity index (χ2v) is 7.81. The van der Waals surface area contributed by atoms with Crippen molar-refractivity contribution in [2.24, 2.45) is 0 Å². The molecule has 0 radical (unpaired) electrons. The van der Waals surface area contributed by atoms with Gasteiger partial charge < -0.3 is 4.90 Å². The Labute approximate surface area is 171 Å². The van der Waals surface area contributed by atoms with Crippen molar-refractivity contribution < 1.29 is 14.0 Å². The minimum Gasteiger partial charge on any atom is -0.311 e. The van der Waals surface area contributed by atoms with Crippen LogP contribution in [0.2, 0.25) is 0 Å². The first-order chi connectivity index (χ1) is 14.0. The molecule has 0 bridgehead atoms. The maximum absolute atomic E-state index is 13.3. The van der Waals surface area contributed by atoms with Gasteiger partial charge in [0.25, 0.3) is 5.91 Å². The van der Waals surface area contributed by atoms with E-state index < -0.39 is 11.7 Å². The van der Waals surface area contributed by atoms with Gasteiger partial charge in [-0.15, -0.1) is 10.2 Å². The number of carbonyl (C=O) groups excluding carboxylic acids is 2. The van der Waals surface area contributed by atoms with Gasteiger partial charge in [-0.05, 0) is 36.2 Å². The van der Waals surface area contributed by atoms with Gasteiger partial charge >= 0.3 is 0 Å². The molecule has 2 amide bonds. The molecule has 2 heterocycles. The highest BCUT2D eigenvalue weighted by Gasteiger charge is 2.34. The van der Waals surface area contributed by atoms with Gasteiger partial charge in [-0.25, -0.2) is 4.39 Å². The summed E-state index contributed by atoms with van der Waals surface area (Å²) in [6, 6.07) is 13.3. The quantitative estimate of drug-likeness (QED) is 0.690. The third-order valence-electron chi connectivity index (χ3n) is 4.89. The van der Waals surface area contributed by atoms with E-state index in [4.69, 9.17) is 0 Å². The summed E-state index contributed by atoms with van der Waals surface area (Å²) in [6.45, 7) is 2.59. The Balaban J connectivity index is 1.47. The fourth-order valence-electron chi connectivity index (χ4n) is 3.43. The lowest BCUT2D eigenvalue weighted by Crippen LogP contribution is -2.25. The molecule has 0 aliphatic carbocycles. The third kappa shape index (κ3) is 4.02. The van der Waals surface area contributed by atoms with Crippen molar-refractivity contribution in [2.45, 2.75) is 25.7 Å². The van der Waals surface area contributed by atoms with E-state index in [0.717, 1.165) is 23.7 Å². The van der Waals surface area contributed by atoms with Gasteiger partial charge in [0.15, 0.2) is 0 Å². The van der Waals surface area contributed by atoms with Crippen LogP contribution in [0.3, 0.4) is 0 Å². The first-order valence-electron chi connectivity index (χ1n) is 9.33. The number of anilines is 2. The minimum absolute atomic E-state index is 0.0523. The molecule has 148 valence electrons. The fraction of sp³-hybridized carbons (Fsp3) is 0.238. The highest BCUT2D eigenvalue weighted by molar-refractivity contribution is 7.15. The Morgan fingerprint density at radius 3 is 2.86 bits per heavy atom. The molecule has 4 rings (SSSR count). The topological polar surface area (TPSA) is 75.2 Å². The van der Waals surface area contributed by atoms with Crippen LogP contribution in [-0.4, -0.2) is 28.6 Å². The highest BCUT2D eigenvalue weighted by Crippen LogP contribution is 2.35. The highest BCUT2D eigenvalue weighted by atomic mass is 32.1. The maximum Gasteiger partial charge on any atom is 0.257 e. The lowest BCUT2D eigenvalue weighted by Gasteiger charge is -2.19. The number of carbonyl (C=O) groups is 2. The van der Waals surface area contributed by atoms with Crippen LogP contribution in [0.25, 0.3) is 0 Å². The zero-order valence-electron chi connectivity index (χ0n) is 15.8. The van der Waals surface area contributed by atoms with Crippen LogP contribution in [0.4, 0.5) is 15.2 Å². The van der Waals surface area contributed by atoms with E-state index in [9.17, 15) is 14.0 Å². The lowest BCUT2D eigenvalue weighted by molar-refractivity contribution is -0.117. The molecule has 2 aromatic carbocycles. The molecule has 0 saturated carbocycles. The summed E-state index contributed by atoms with van der Waals surface area (Å²) in [5, 5.41) is 11.9. The number of hydrogen-bond donors (Lipinski definition) is 1. The van der Waals surface area contributed by atoms with E-state index in [1.165, 1.54) is 29.5 Å². The molecule has 8 heteroatoms.